The van der Waals surface area contributed by atoms with Gasteiger partial charge in [-0.05, 0) is 55.3 Å². The zero-order chi connectivity index (χ0) is 18.6. The number of hydrogen-bond donors (Lipinski definition) is 1. The van der Waals surface area contributed by atoms with Crippen molar-refractivity contribution in [2.75, 3.05) is 19.8 Å². The minimum atomic E-state index is -0.351. The fourth-order valence-corrected chi connectivity index (χ4v) is 2.07. The molecule has 2 rings (SSSR count). The van der Waals surface area contributed by atoms with Gasteiger partial charge in [0.15, 0.2) is 18.1 Å². The number of nitrogens with zero attached hydrogens (tertiary/aromatic N) is 1. The number of para-hydroxylation sites is 2. The number of carbonyl (C=O) groups is 1. The molecule has 0 spiro atoms. The first kappa shape index (κ1) is 19.3. The number of ether oxygens (including phenoxy) is 3. The van der Waals surface area contributed by atoms with E-state index in [1.807, 2.05) is 43.3 Å². The van der Waals surface area contributed by atoms with Crippen LogP contribution in [-0.4, -0.2) is 31.9 Å². The van der Waals surface area contributed by atoms with E-state index in [1.54, 1.807) is 18.3 Å². The molecule has 0 unspecified atom stereocenters. The Bertz CT molecular complexity index is 714. The number of hydrazone groups is 1. The second-order valence-electron chi connectivity index (χ2n) is 5.38. The van der Waals surface area contributed by atoms with Gasteiger partial charge in [-0.3, -0.25) is 4.79 Å². The normalized spacial score (nSPS) is 10.5. The summed E-state index contributed by atoms with van der Waals surface area (Å²) in [5, 5.41) is 3.93. The van der Waals surface area contributed by atoms with E-state index in [0.29, 0.717) is 24.7 Å². The summed E-state index contributed by atoms with van der Waals surface area (Å²) in [6, 6.07) is 14.7. The summed E-state index contributed by atoms with van der Waals surface area (Å²) in [5.41, 5.74) is 3.29. The molecule has 2 aromatic rings. The maximum Gasteiger partial charge on any atom is 0.277 e. The lowest BCUT2D eigenvalue weighted by molar-refractivity contribution is -0.123. The van der Waals surface area contributed by atoms with Crippen LogP contribution in [0.25, 0.3) is 0 Å². The Balaban J connectivity index is 1.78. The lowest BCUT2D eigenvalue weighted by atomic mass is 10.2. The number of amides is 1. The molecule has 1 amide bonds. The molecule has 1 N–H and O–H groups in total. The van der Waals surface area contributed by atoms with Crippen molar-refractivity contribution in [2.24, 2.45) is 5.10 Å². The van der Waals surface area contributed by atoms with Gasteiger partial charge in [0.2, 0.25) is 0 Å². The Morgan fingerprint density at radius 1 is 1.00 bits per heavy atom. The molecule has 0 heterocycles. The average Bonchev–Trinajstić information content (AvgIpc) is 2.67. The van der Waals surface area contributed by atoms with Gasteiger partial charge in [-0.25, -0.2) is 5.43 Å². The highest BCUT2D eigenvalue weighted by Gasteiger charge is 2.06. The van der Waals surface area contributed by atoms with E-state index < -0.39 is 0 Å². The van der Waals surface area contributed by atoms with Gasteiger partial charge < -0.3 is 14.2 Å². The van der Waals surface area contributed by atoms with Gasteiger partial charge in [0.25, 0.3) is 5.91 Å². The molecular formula is C20H24N2O4. The van der Waals surface area contributed by atoms with Gasteiger partial charge in [0.1, 0.15) is 5.75 Å². The van der Waals surface area contributed by atoms with Gasteiger partial charge in [-0.2, -0.15) is 5.10 Å². The van der Waals surface area contributed by atoms with E-state index in [9.17, 15) is 4.79 Å². The predicted octanol–water partition coefficient (Wildman–Crippen LogP) is 3.40. The number of carbonyl (C=O) groups excluding carboxylic acids is 1. The van der Waals surface area contributed by atoms with Crippen molar-refractivity contribution in [1.82, 2.24) is 5.43 Å². The first-order valence-electron chi connectivity index (χ1n) is 8.62. The zero-order valence-corrected chi connectivity index (χ0v) is 15.1. The molecule has 26 heavy (non-hydrogen) atoms. The number of nitrogens with one attached hydrogen (secondary N) is 1. The molecule has 0 atom stereocenters. The molecule has 2 aromatic carbocycles. The third kappa shape index (κ3) is 6.47. The van der Waals surface area contributed by atoms with Crippen LogP contribution in [0.4, 0.5) is 0 Å². The summed E-state index contributed by atoms with van der Waals surface area (Å²) in [4.78, 5) is 11.8. The molecule has 0 saturated carbocycles. The largest absolute Gasteiger partial charge is 0.494 e. The van der Waals surface area contributed by atoms with E-state index in [-0.39, 0.29) is 12.5 Å². The number of hydrogen-bond acceptors (Lipinski definition) is 5. The molecule has 6 nitrogen and oxygen atoms in total. The molecule has 0 aromatic heterocycles. The van der Waals surface area contributed by atoms with Crippen LogP contribution in [0.3, 0.4) is 0 Å². The standard InChI is InChI=1S/C20H24N2O4/c1-3-13-25-17-11-9-16(10-12-17)14-21-22-20(23)15-26-19-8-6-5-7-18(19)24-4-2/h5-12,14H,3-4,13,15H2,1-2H3,(H,22,23)/b21-14+. The van der Waals surface area contributed by atoms with Crippen molar-refractivity contribution >= 4 is 12.1 Å². The smallest absolute Gasteiger partial charge is 0.277 e. The summed E-state index contributed by atoms with van der Waals surface area (Å²) in [5.74, 6) is 1.60. The third-order valence-corrected chi connectivity index (χ3v) is 3.26. The zero-order valence-electron chi connectivity index (χ0n) is 15.1. The highest BCUT2D eigenvalue weighted by atomic mass is 16.5. The predicted molar refractivity (Wildman–Crippen MR) is 101 cm³/mol. The molecule has 0 fully saturated rings. The highest BCUT2D eigenvalue weighted by Crippen LogP contribution is 2.26. The SMILES string of the molecule is CCCOc1ccc(/C=N/NC(=O)COc2ccccc2OCC)cc1. The summed E-state index contributed by atoms with van der Waals surface area (Å²) in [6.45, 7) is 5.02. The average molecular weight is 356 g/mol. The van der Waals surface area contributed by atoms with Crippen molar-refractivity contribution in [3.8, 4) is 17.2 Å². The van der Waals surface area contributed by atoms with Gasteiger partial charge in [-0.1, -0.05) is 19.1 Å². The minimum Gasteiger partial charge on any atom is -0.494 e. The number of benzene rings is 2. The Kier molecular flexibility index (Phi) is 7.99. The molecule has 6 heteroatoms. The monoisotopic (exact) mass is 356 g/mol. The van der Waals surface area contributed by atoms with E-state index >= 15 is 0 Å². The topological polar surface area (TPSA) is 69.2 Å². The third-order valence-electron chi connectivity index (χ3n) is 3.26. The van der Waals surface area contributed by atoms with Crippen molar-refractivity contribution < 1.29 is 19.0 Å². The van der Waals surface area contributed by atoms with Crippen LogP contribution in [0, 0.1) is 0 Å². The Morgan fingerprint density at radius 3 is 2.35 bits per heavy atom. The van der Waals surface area contributed by atoms with E-state index in [4.69, 9.17) is 14.2 Å². The van der Waals surface area contributed by atoms with Crippen molar-refractivity contribution in [1.29, 1.82) is 0 Å². The first-order chi connectivity index (χ1) is 12.7. The maximum absolute atomic E-state index is 11.8. The van der Waals surface area contributed by atoms with E-state index in [1.165, 1.54) is 0 Å². The van der Waals surface area contributed by atoms with E-state index in [0.717, 1.165) is 17.7 Å². The molecule has 0 saturated heterocycles. The molecule has 0 radical (unpaired) electrons. The lowest BCUT2D eigenvalue weighted by Crippen LogP contribution is -2.24. The van der Waals surface area contributed by atoms with Crippen LogP contribution in [0.2, 0.25) is 0 Å². The molecule has 138 valence electrons. The first-order valence-corrected chi connectivity index (χ1v) is 8.62. The molecular weight excluding hydrogens is 332 g/mol. The summed E-state index contributed by atoms with van der Waals surface area (Å²) in [6.07, 6.45) is 2.53. The minimum absolute atomic E-state index is 0.148. The molecule has 0 bridgehead atoms. The van der Waals surface area contributed by atoms with Crippen LogP contribution in [-0.2, 0) is 4.79 Å². The van der Waals surface area contributed by atoms with Crippen LogP contribution in [0.1, 0.15) is 25.8 Å². The van der Waals surface area contributed by atoms with Crippen molar-refractivity contribution in [3.63, 3.8) is 0 Å². The molecule has 0 aliphatic heterocycles. The van der Waals surface area contributed by atoms with Gasteiger partial charge in [-0.15, -0.1) is 0 Å². The summed E-state index contributed by atoms with van der Waals surface area (Å²) < 4.78 is 16.4. The van der Waals surface area contributed by atoms with Gasteiger partial charge in [0, 0.05) is 0 Å². The molecule has 0 aliphatic rings. The Labute approximate surface area is 153 Å². The highest BCUT2D eigenvalue weighted by molar-refractivity contribution is 5.83. The van der Waals surface area contributed by atoms with Crippen molar-refractivity contribution in [3.05, 3.63) is 54.1 Å². The fourth-order valence-electron chi connectivity index (χ4n) is 2.07. The van der Waals surface area contributed by atoms with E-state index in [2.05, 4.69) is 17.5 Å². The fraction of sp³-hybridized carbons (Fsp3) is 0.300. The Morgan fingerprint density at radius 2 is 1.69 bits per heavy atom. The lowest BCUT2D eigenvalue weighted by Gasteiger charge is -2.10. The van der Waals surface area contributed by atoms with Crippen LogP contribution in [0.15, 0.2) is 53.6 Å². The quantitative estimate of drug-likeness (QED) is 0.523. The maximum atomic E-state index is 11.8. The van der Waals surface area contributed by atoms with Crippen LogP contribution >= 0.6 is 0 Å². The number of rotatable bonds is 10. The summed E-state index contributed by atoms with van der Waals surface area (Å²) >= 11 is 0. The second kappa shape index (κ2) is 10.8. The van der Waals surface area contributed by atoms with Crippen molar-refractivity contribution in [2.45, 2.75) is 20.3 Å². The molecule has 0 aliphatic carbocycles. The second-order valence-corrected chi connectivity index (χ2v) is 5.38. The van der Waals surface area contributed by atoms with Gasteiger partial charge in [0.05, 0.1) is 19.4 Å². The van der Waals surface area contributed by atoms with Gasteiger partial charge >= 0.3 is 0 Å². The van der Waals surface area contributed by atoms with Crippen LogP contribution in [0.5, 0.6) is 17.2 Å². The Hall–Kier alpha value is -3.02. The summed E-state index contributed by atoms with van der Waals surface area (Å²) in [7, 11) is 0. The van der Waals surface area contributed by atoms with Crippen LogP contribution < -0.4 is 19.6 Å².